The van der Waals surface area contributed by atoms with Gasteiger partial charge in [-0.15, -0.1) is 0 Å². The van der Waals surface area contributed by atoms with Gasteiger partial charge in [-0.2, -0.15) is 0 Å². The number of sulfone groups is 1. The van der Waals surface area contributed by atoms with Crippen molar-refractivity contribution in [2.24, 2.45) is 0 Å². The van der Waals surface area contributed by atoms with Crippen molar-refractivity contribution < 1.29 is 17.9 Å². The zero-order valence-electron chi connectivity index (χ0n) is 12.1. The second-order valence-corrected chi connectivity index (χ2v) is 7.25. The van der Waals surface area contributed by atoms with Gasteiger partial charge in [-0.3, -0.25) is 0 Å². The summed E-state index contributed by atoms with van der Waals surface area (Å²) >= 11 is 0. The maximum absolute atomic E-state index is 12.2. The molecule has 110 valence electrons. The van der Waals surface area contributed by atoms with Crippen LogP contribution in [0.4, 0.5) is 0 Å². The summed E-state index contributed by atoms with van der Waals surface area (Å²) in [6, 6.07) is 3.48. The van der Waals surface area contributed by atoms with Crippen LogP contribution >= 0.6 is 0 Å². The molecular formula is C15H20O4S. The summed E-state index contributed by atoms with van der Waals surface area (Å²) in [6.45, 7) is 1.97. The van der Waals surface area contributed by atoms with E-state index in [9.17, 15) is 13.2 Å². The predicted molar refractivity (Wildman–Crippen MR) is 76.9 cm³/mol. The Morgan fingerprint density at radius 1 is 1.35 bits per heavy atom. The van der Waals surface area contributed by atoms with E-state index in [1.54, 1.807) is 12.1 Å². The molecule has 0 heterocycles. The lowest BCUT2D eigenvalue weighted by atomic mass is 9.98. The Hall–Kier alpha value is -1.36. The quantitative estimate of drug-likeness (QED) is 0.784. The first-order valence-corrected chi connectivity index (χ1v) is 8.73. The van der Waals surface area contributed by atoms with Gasteiger partial charge in [0.1, 0.15) is 0 Å². The van der Waals surface area contributed by atoms with E-state index in [1.165, 1.54) is 13.4 Å². The Bertz CT molecular complexity index is 628. The van der Waals surface area contributed by atoms with E-state index in [1.807, 2.05) is 6.92 Å². The van der Waals surface area contributed by atoms with Crippen LogP contribution < -0.4 is 0 Å². The first-order valence-electron chi connectivity index (χ1n) is 6.84. The maximum atomic E-state index is 12.2. The minimum atomic E-state index is -3.36. The number of benzene rings is 1. The van der Waals surface area contributed by atoms with Gasteiger partial charge in [0, 0.05) is 6.26 Å². The highest BCUT2D eigenvalue weighted by Gasteiger charge is 2.32. The third-order valence-electron chi connectivity index (χ3n) is 3.58. The van der Waals surface area contributed by atoms with Crippen molar-refractivity contribution in [1.82, 2.24) is 0 Å². The Morgan fingerprint density at radius 3 is 2.45 bits per heavy atom. The van der Waals surface area contributed by atoms with Crippen molar-refractivity contribution in [3.63, 3.8) is 0 Å². The van der Waals surface area contributed by atoms with Crippen LogP contribution in [0, 0.1) is 0 Å². The first-order chi connectivity index (χ1) is 9.40. The molecule has 2 rings (SSSR count). The van der Waals surface area contributed by atoms with Crippen LogP contribution in [0.2, 0.25) is 0 Å². The Balaban J connectivity index is 2.72. The number of hydrogen-bond donors (Lipinski definition) is 0. The van der Waals surface area contributed by atoms with Crippen LogP contribution in [0.5, 0.6) is 0 Å². The molecule has 1 saturated carbocycles. The Morgan fingerprint density at radius 2 is 2.00 bits per heavy atom. The summed E-state index contributed by atoms with van der Waals surface area (Å²) < 4.78 is 29.2. The van der Waals surface area contributed by atoms with E-state index in [0.29, 0.717) is 28.4 Å². The highest BCUT2D eigenvalue weighted by molar-refractivity contribution is 7.90. The standard InChI is InChI=1S/C15H20O4S/c1-4-5-12-13(15(16)19-2)9-8-11(10-6-7-10)14(12)20(3,17)18/h8-10H,4-7H2,1-3H3. The molecule has 0 saturated heterocycles. The van der Waals surface area contributed by atoms with Crippen LogP contribution in [0.1, 0.15) is 53.6 Å². The normalized spacial score (nSPS) is 15.2. The SMILES string of the molecule is CCCc1c(C(=O)OC)ccc(C2CC2)c1S(C)(=O)=O. The lowest BCUT2D eigenvalue weighted by Gasteiger charge is -2.16. The monoisotopic (exact) mass is 296 g/mol. The number of hydrogen-bond acceptors (Lipinski definition) is 4. The summed E-state index contributed by atoms with van der Waals surface area (Å²) in [6.07, 6.45) is 4.60. The van der Waals surface area contributed by atoms with Gasteiger partial charge < -0.3 is 4.74 Å². The van der Waals surface area contributed by atoms with Gasteiger partial charge in [-0.25, -0.2) is 13.2 Å². The molecule has 0 bridgehead atoms. The van der Waals surface area contributed by atoms with Crippen molar-refractivity contribution >= 4 is 15.8 Å². The molecule has 1 aliphatic rings. The molecule has 4 nitrogen and oxygen atoms in total. The van der Waals surface area contributed by atoms with Gasteiger partial charge in [0.05, 0.1) is 17.6 Å². The Kier molecular flexibility index (Phi) is 4.18. The van der Waals surface area contributed by atoms with Crippen LogP contribution in [0.3, 0.4) is 0 Å². The molecule has 1 aromatic carbocycles. The minimum absolute atomic E-state index is 0.321. The second-order valence-electron chi connectivity index (χ2n) is 5.30. The van der Waals surface area contributed by atoms with E-state index >= 15 is 0 Å². The van der Waals surface area contributed by atoms with Crippen molar-refractivity contribution in [2.45, 2.75) is 43.4 Å². The van der Waals surface area contributed by atoms with E-state index in [2.05, 4.69) is 0 Å². The van der Waals surface area contributed by atoms with Crippen molar-refractivity contribution in [1.29, 1.82) is 0 Å². The topological polar surface area (TPSA) is 60.4 Å². The maximum Gasteiger partial charge on any atom is 0.338 e. The third-order valence-corrected chi connectivity index (χ3v) is 4.81. The van der Waals surface area contributed by atoms with Crippen LogP contribution in [-0.4, -0.2) is 27.8 Å². The number of methoxy groups -OCH3 is 1. The lowest BCUT2D eigenvalue weighted by Crippen LogP contribution is -2.13. The third kappa shape index (κ3) is 2.87. The molecule has 5 heteroatoms. The van der Waals surface area contributed by atoms with E-state index in [-0.39, 0.29) is 0 Å². The number of rotatable bonds is 5. The molecule has 1 fully saturated rings. The van der Waals surface area contributed by atoms with Gasteiger partial charge >= 0.3 is 5.97 Å². The molecule has 1 aromatic rings. The van der Waals surface area contributed by atoms with E-state index < -0.39 is 15.8 Å². The molecule has 0 atom stereocenters. The minimum Gasteiger partial charge on any atom is -0.465 e. The lowest BCUT2D eigenvalue weighted by molar-refractivity contribution is 0.0599. The molecular weight excluding hydrogens is 276 g/mol. The highest BCUT2D eigenvalue weighted by atomic mass is 32.2. The van der Waals surface area contributed by atoms with Gasteiger partial charge in [0.25, 0.3) is 0 Å². The average molecular weight is 296 g/mol. The van der Waals surface area contributed by atoms with Gasteiger partial charge in [-0.1, -0.05) is 19.4 Å². The summed E-state index contributed by atoms with van der Waals surface area (Å²) in [5.74, 6) is -0.150. The van der Waals surface area contributed by atoms with Crippen molar-refractivity contribution in [2.75, 3.05) is 13.4 Å². The fourth-order valence-corrected chi connectivity index (χ4v) is 3.92. The molecule has 0 aromatic heterocycles. The van der Waals surface area contributed by atoms with E-state index in [4.69, 9.17) is 4.74 Å². The Labute approximate surface area is 120 Å². The largest absolute Gasteiger partial charge is 0.465 e. The average Bonchev–Trinajstić information content (AvgIpc) is 3.20. The molecule has 0 amide bonds. The number of esters is 1. The predicted octanol–water partition coefficient (Wildman–Crippen LogP) is 2.71. The van der Waals surface area contributed by atoms with Crippen molar-refractivity contribution in [3.8, 4) is 0 Å². The van der Waals surface area contributed by atoms with E-state index in [0.717, 1.165) is 24.8 Å². The number of carbonyl (C=O) groups is 1. The molecule has 0 radical (unpaired) electrons. The van der Waals surface area contributed by atoms with Crippen LogP contribution in [0.25, 0.3) is 0 Å². The fraction of sp³-hybridized carbons (Fsp3) is 0.533. The summed E-state index contributed by atoms with van der Waals surface area (Å²) in [5.41, 5.74) is 1.86. The first kappa shape index (κ1) is 15.0. The summed E-state index contributed by atoms with van der Waals surface area (Å²) in [7, 11) is -2.05. The fourth-order valence-electron chi connectivity index (χ4n) is 2.60. The smallest absolute Gasteiger partial charge is 0.338 e. The summed E-state index contributed by atoms with van der Waals surface area (Å²) in [5, 5.41) is 0. The molecule has 0 N–H and O–H groups in total. The summed E-state index contributed by atoms with van der Waals surface area (Å²) in [4.78, 5) is 12.2. The zero-order chi connectivity index (χ0) is 14.9. The van der Waals surface area contributed by atoms with Gasteiger partial charge in [0.15, 0.2) is 9.84 Å². The van der Waals surface area contributed by atoms with Gasteiger partial charge in [0.2, 0.25) is 0 Å². The van der Waals surface area contributed by atoms with Gasteiger partial charge in [-0.05, 0) is 42.4 Å². The number of ether oxygens (including phenoxy) is 1. The van der Waals surface area contributed by atoms with Crippen LogP contribution in [-0.2, 0) is 21.0 Å². The molecule has 0 spiro atoms. The molecule has 1 aliphatic carbocycles. The second kappa shape index (κ2) is 5.56. The van der Waals surface area contributed by atoms with Crippen LogP contribution in [0.15, 0.2) is 17.0 Å². The molecule has 20 heavy (non-hydrogen) atoms. The highest BCUT2D eigenvalue weighted by Crippen LogP contribution is 2.44. The molecule has 0 unspecified atom stereocenters. The number of carbonyl (C=O) groups excluding carboxylic acids is 1. The molecule has 0 aliphatic heterocycles. The van der Waals surface area contributed by atoms with Crippen molar-refractivity contribution in [3.05, 3.63) is 28.8 Å². The zero-order valence-corrected chi connectivity index (χ0v) is 12.9.